The highest BCUT2D eigenvalue weighted by Crippen LogP contribution is 2.29. The first-order valence-corrected chi connectivity index (χ1v) is 11.4. The second-order valence-electron chi connectivity index (χ2n) is 7.63. The summed E-state index contributed by atoms with van der Waals surface area (Å²) in [5, 5.41) is 0. The van der Waals surface area contributed by atoms with Crippen molar-refractivity contribution >= 4 is 16.0 Å². The van der Waals surface area contributed by atoms with Crippen LogP contribution >= 0.6 is 0 Å². The molecule has 0 spiro atoms. The van der Waals surface area contributed by atoms with E-state index >= 15 is 0 Å². The Morgan fingerprint density at radius 1 is 0.966 bits per heavy atom. The number of likely N-dealkylation sites (tertiary alicyclic amines) is 1. The van der Waals surface area contributed by atoms with Crippen LogP contribution in [0.15, 0.2) is 59.5 Å². The molecule has 1 heterocycles. The second-order valence-corrected chi connectivity index (χ2v) is 9.22. The molecule has 29 heavy (non-hydrogen) atoms. The molecule has 6 nitrogen and oxygen atoms in total. The molecule has 0 aliphatic carbocycles. The van der Waals surface area contributed by atoms with Gasteiger partial charge >= 0.3 is 5.97 Å². The predicted octanol–water partition coefficient (Wildman–Crippen LogP) is 4.11. The maximum absolute atomic E-state index is 13.0. The molecule has 0 unspecified atom stereocenters. The first-order chi connectivity index (χ1) is 13.9. The van der Waals surface area contributed by atoms with Crippen LogP contribution in [-0.2, 0) is 26.2 Å². The standard InChI is InChI=1S/C22H28N2O4S/c1-19-11-13-21(14-12-19)29(26,27)23-24(15-7-2-3-8-16-24)17-22(25)28-18-20-9-5-4-6-10-20/h4-6,9-14H,2-3,7-8,15-18H2,1H3. The fraction of sp³-hybridized carbons (Fsp3) is 0.409. The van der Waals surface area contributed by atoms with Gasteiger partial charge in [0.05, 0.1) is 18.0 Å². The van der Waals surface area contributed by atoms with E-state index in [2.05, 4.69) is 4.83 Å². The largest absolute Gasteiger partial charge is 0.457 e. The van der Waals surface area contributed by atoms with Gasteiger partial charge in [-0.1, -0.05) is 48.0 Å². The fourth-order valence-corrected chi connectivity index (χ4v) is 4.81. The molecule has 1 saturated heterocycles. The van der Waals surface area contributed by atoms with Crippen molar-refractivity contribution in [1.82, 2.24) is 0 Å². The number of hydrogen-bond donors (Lipinski definition) is 0. The summed E-state index contributed by atoms with van der Waals surface area (Å²) in [7, 11) is -3.87. The summed E-state index contributed by atoms with van der Waals surface area (Å²) in [6.45, 7) is 3.04. The molecular formula is C22H28N2O4S. The maximum Gasteiger partial charge on any atom is 0.361 e. The summed E-state index contributed by atoms with van der Waals surface area (Å²) in [5.74, 6) is -0.432. The average molecular weight is 417 g/mol. The number of sulfonamides is 1. The number of benzene rings is 2. The average Bonchev–Trinajstić information content (AvgIpc) is 2.92. The van der Waals surface area contributed by atoms with Crippen molar-refractivity contribution in [2.75, 3.05) is 19.6 Å². The van der Waals surface area contributed by atoms with Crippen LogP contribution in [0.5, 0.6) is 0 Å². The van der Waals surface area contributed by atoms with Gasteiger partial charge in [-0.3, -0.25) is 0 Å². The molecule has 0 N–H and O–H groups in total. The zero-order valence-electron chi connectivity index (χ0n) is 16.8. The van der Waals surface area contributed by atoms with Crippen molar-refractivity contribution in [2.24, 2.45) is 0 Å². The Balaban J connectivity index is 1.74. The van der Waals surface area contributed by atoms with Gasteiger partial charge in [0.15, 0.2) is 6.54 Å². The molecule has 1 aliphatic rings. The Kier molecular flexibility index (Phi) is 7.05. The first kappa shape index (κ1) is 21.5. The van der Waals surface area contributed by atoms with Crippen LogP contribution in [0.3, 0.4) is 0 Å². The highest BCUT2D eigenvalue weighted by molar-refractivity contribution is 7.93. The van der Waals surface area contributed by atoms with Gasteiger partial charge in [0.1, 0.15) is 16.6 Å². The lowest BCUT2D eigenvalue weighted by Crippen LogP contribution is -2.49. The predicted molar refractivity (Wildman–Crippen MR) is 111 cm³/mol. The van der Waals surface area contributed by atoms with Crippen LogP contribution in [0.4, 0.5) is 0 Å². The van der Waals surface area contributed by atoms with Gasteiger partial charge in [0, 0.05) is 0 Å². The van der Waals surface area contributed by atoms with Crippen LogP contribution in [0.2, 0.25) is 0 Å². The summed E-state index contributed by atoms with van der Waals surface area (Å²) < 4.78 is 31.2. The fourth-order valence-electron chi connectivity index (χ4n) is 3.56. The third-order valence-electron chi connectivity index (χ3n) is 5.16. The van der Waals surface area contributed by atoms with E-state index in [4.69, 9.17) is 4.74 Å². The minimum absolute atomic E-state index is 0.0715. The van der Waals surface area contributed by atoms with E-state index in [1.54, 1.807) is 24.3 Å². The highest BCUT2D eigenvalue weighted by Gasteiger charge is 2.29. The molecule has 1 aliphatic heterocycles. The summed E-state index contributed by atoms with van der Waals surface area (Å²) in [6, 6.07) is 16.1. The lowest BCUT2D eigenvalue weighted by atomic mass is 10.2. The van der Waals surface area contributed by atoms with Crippen LogP contribution in [0, 0.1) is 6.92 Å². The van der Waals surface area contributed by atoms with Crippen molar-refractivity contribution in [1.29, 1.82) is 0 Å². The number of carbonyl (C=O) groups is 1. The molecule has 3 rings (SSSR count). The van der Waals surface area contributed by atoms with Crippen molar-refractivity contribution < 1.29 is 22.5 Å². The van der Waals surface area contributed by atoms with Crippen molar-refractivity contribution in [2.45, 2.75) is 44.1 Å². The van der Waals surface area contributed by atoms with Gasteiger partial charge in [0.2, 0.25) is 0 Å². The molecule has 156 valence electrons. The van der Waals surface area contributed by atoms with Gasteiger partial charge in [-0.15, -0.1) is 0 Å². The molecule has 0 aromatic heterocycles. The zero-order chi connectivity index (χ0) is 20.7. The number of aryl methyl sites for hydroxylation is 1. The molecule has 7 heteroatoms. The monoisotopic (exact) mass is 416 g/mol. The van der Waals surface area contributed by atoms with E-state index in [-0.39, 0.29) is 22.6 Å². The van der Waals surface area contributed by atoms with Crippen LogP contribution < -0.4 is 0 Å². The van der Waals surface area contributed by atoms with E-state index in [0.717, 1.165) is 36.8 Å². The molecule has 2 aromatic rings. The van der Waals surface area contributed by atoms with Gasteiger partial charge in [-0.05, 0) is 50.3 Å². The van der Waals surface area contributed by atoms with E-state index in [9.17, 15) is 13.2 Å². The molecule has 0 amide bonds. The molecule has 0 bridgehead atoms. The van der Waals surface area contributed by atoms with E-state index < -0.39 is 16.0 Å². The molecule has 0 saturated carbocycles. The Morgan fingerprint density at radius 2 is 1.59 bits per heavy atom. The molecule has 2 aromatic carbocycles. The maximum atomic E-state index is 13.0. The van der Waals surface area contributed by atoms with E-state index in [1.807, 2.05) is 37.3 Å². The number of ether oxygens (including phenoxy) is 1. The van der Waals surface area contributed by atoms with Gasteiger partial charge in [0.25, 0.3) is 0 Å². The number of hydrogen-bond acceptors (Lipinski definition) is 4. The van der Waals surface area contributed by atoms with Crippen molar-refractivity contribution in [3.05, 3.63) is 70.6 Å². The smallest absolute Gasteiger partial charge is 0.361 e. The van der Waals surface area contributed by atoms with Crippen molar-refractivity contribution in [3.8, 4) is 0 Å². The highest BCUT2D eigenvalue weighted by atomic mass is 32.2. The minimum Gasteiger partial charge on any atom is -0.457 e. The topological polar surface area (TPSA) is 74.5 Å². The Bertz CT molecular complexity index is 904. The van der Waals surface area contributed by atoms with Crippen LogP contribution in [-0.4, -0.2) is 38.6 Å². The van der Waals surface area contributed by atoms with Gasteiger partial charge < -0.3 is 14.2 Å². The molecule has 0 radical (unpaired) electrons. The van der Waals surface area contributed by atoms with Gasteiger partial charge in [-0.25, -0.2) is 13.2 Å². The van der Waals surface area contributed by atoms with Crippen molar-refractivity contribution in [3.63, 3.8) is 0 Å². The van der Waals surface area contributed by atoms with E-state index in [1.165, 1.54) is 0 Å². The zero-order valence-corrected chi connectivity index (χ0v) is 17.6. The second kappa shape index (κ2) is 9.52. The van der Waals surface area contributed by atoms with E-state index in [0.29, 0.717) is 13.1 Å². The molecule has 0 atom stereocenters. The summed E-state index contributed by atoms with van der Waals surface area (Å²) in [4.78, 5) is 17.0. The molecule has 1 fully saturated rings. The quantitative estimate of drug-likeness (QED) is 0.503. The minimum atomic E-state index is -3.87. The number of esters is 1. The molecular weight excluding hydrogens is 388 g/mol. The lowest BCUT2D eigenvalue weighted by molar-refractivity contribution is -0.878. The summed E-state index contributed by atoms with van der Waals surface area (Å²) in [5.41, 5.74) is 1.87. The van der Waals surface area contributed by atoms with Crippen LogP contribution in [0.25, 0.3) is 4.83 Å². The number of rotatable bonds is 7. The summed E-state index contributed by atoms with van der Waals surface area (Å²) in [6.07, 6.45) is 3.69. The van der Waals surface area contributed by atoms with Crippen LogP contribution in [0.1, 0.15) is 36.8 Å². The third kappa shape index (κ3) is 6.13. The Morgan fingerprint density at radius 3 is 2.21 bits per heavy atom. The number of carbonyl (C=O) groups excluding carboxylic acids is 1. The lowest BCUT2D eigenvalue weighted by Gasteiger charge is -2.46. The summed E-state index contributed by atoms with van der Waals surface area (Å²) >= 11 is 0. The number of quaternary nitrogens is 1. The Labute approximate surface area is 173 Å². The SMILES string of the molecule is Cc1ccc(S(=O)(=O)[N-][N+]2(CC(=O)OCc3ccccc3)CCCCCC2)cc1. The Hall–Kier alpha value is -2.22. The first-order valence-electron chi connectivity index (χ1n) is 10.0. The number of nitrogens with zero attached hydrogens (tertiary/aromatic N) is 2. The third-order valence-corrected chi connectivity index (χ3v) is 6.59. The van der Waals surface area contributed by atoms with Gasteiger partial charge in [-0.2, -0.15) is 0 Å². The normalized spacial score (nSPS) is 16.7.